The lowest BCUT2D eigenvalue weighted by molar-refractivity contribution is 0.103. The molecule has 0 amide bonds. The average Bonchev–Trinajstić information content (AvgIpc) is 3.26. The third kappa shape index (κ3) is 4.35. The van der Waals surface area contributed by atoms with E-state index in [-0.39, 0.29) is 16.5 Å². The average molecular weight is 468 g/mol. The first kappa shape index (κ1) is 22.6. The third-order valence-electron chi connectivity index (χ3n) is 5.20. The van der Waals surface area contributed by atoms with Gasteiger partial charge in [0.2, 0.25) is 10.0 Å². The van der Waals surface area contributed by atoms with Gasteiger partial charge in [0.25, 0.3) is 0 Å². The van der Waals surface area contributed by atoms with E-state index in [9.17, 15) is 18.4 Å². The summed E-state index contributed by atoms with van der Waals surface area (Å²) in [7, 11) is -4.26. The Morgan fingerprint density at radius 2 is 1.97 bits per heavy atom. The fourth-order valence-electron chi connectivity index (χ4n) is 3.42. The summed E-state index contributed by atoms with van der Waals surface area (Å²) in [6.45, 7) is 1.78. The third-order valence-corrected chi connectivity index (χ3v) is 6.71. The van der Waals surface area contributed by atoms with Crippen molar-refractivity contribution in [1.82, 2.24) is 15.0 Å². The van der Waals surface area contributed by atoms with Crippen molar-refractivity contribution < 1.29 is 17.6 Å². The van der Waals surface area contributed by atoms with Crippen LogP contribution in [0.4, 0.5) is 10.1 Å². The van der Waals surface area contributed by atoms with Crippen LogP contribution in [0.5, 0.6) is 0 Å². The topological polar surface area (TPSA) is 119 Å². The lowest BCUT2D eigenvalue weighted by Crippen LogP contribution is -2.28. The number of hydrogen-bond acceptors (Lipinski definition) is 6. The van der Waals surface area contributed by atoms with Crippen LogP contribution in [0.2, 0.25) is 0 Å². The Morgan fingerprint density at radius 1 is 1.15 bits per heavy atom. The molecule has 4 aromatic rings. The molecule has 0 fully saturated rings. The summed E-state index contributed by atoms with van der Waals surface area (Å²) in [6.07, 6.45) is 7.15. The highest BCUT2D eigenvalue weighted by Crippen LogP contribution is 2.29. The highest BCUT2D eigenvalue weighted by atomic mass is 32.2. The highest BCUT2D eigenvalue weighted by molar-refractivity contribution is 7.92. The van der Waals surface area contributed by atoms with Gasteiger partial charge in [0, 0.05) is 46.9 Å². The lowest BCUT2D eigenvalue weighted by Gasteiger charge is -2.30. The number of aromatic nitrogens is 3. The minimum absolute atomic E-state index is 0.144. The molecule has 0 bridgehead atoms. The molecular formula is C23H20FN4O4S-. The van der Waals surface area contributed by atoms with E-state index in [1.807, 2.05) is 6.07 Å². The number of aromatic amines is 1. The van der Waals surface area contributed by atoms with E-state index in [0.29, 0.717) is 23.0 Å². The standard InChI is InChI=1S/C23H20FN4O4S/c1-2-3-10-33(31,32)28(30)20-8-4-7-17(21(20)24)22(29)19-14-27-23-18(19)11-16(13-26-23)15-6-5-9-25-12-15/h4-9,11-14H,2-3,10H2,1H3,(H,26,27)/q-1. The number of H-pyrrole nitrogens is 1. The number of hydrogen-bond donors (Lipinski definition) is 1. The molecule has 0 radical (unpaired) electrons. The molecule has 0 aliphatic rings. The van der Waals surface area contributed by atoms with Gasteiger partial charge in [-0.3, -0.25) is 9.78 Å². The van der Waals surface area contributed by atoms with Crippen molar-refractivity contribution in [2.75, 3.05) is 10.2 Å². The molecule has 10 heteroatoms. The van der Waals surface area contributed by atoms with E-state index in [1.165, 1.54) is 18.3 Å². The number of nitrogens with one attached hydrogen (secondary N) is 1. The van der Waals surface area contributed by atoms with Crippen LogP contribution in [0.15, 0.2) is 61.2 Å². The van der Waals surface area contributed by atoms with Crippen molar-refractivity contribution in [3.63, 3.8) is 0 Å². The van der Waals surface area contributed by atoms with Gasteiger partial charge < -0.3 is 14.7 Å². The van der Waals surface area contributed by atoms with Gasteiger partial charge in [-0.25, -0.2) is 17.8 Å². The molecule has 0 saturated heterocycles. The lowest BCUT2D eigenvalue weighted by atomic mass is 10.0. The Labute approximate surface area is 189 Å². The summed E-state index contributed by atoms with van der Waals surface area (Å²) in [6, 6.07) is 8.88. The normalized spacial score (nSPS) is 11.6. The van der Waals surface area contributed by atoms with Crippen LogP contribution in [0, 0.1) is 11.0 Å². The minimum atomic E-state index is -4.26. The Kier molecular flexibility index (Phi) is 6.21. The smallest absolute Gasteiger partial charge is 0.225 e. The predicted octanol–water partition coefficient (Wildman–Crippen LogP) is 4.43. The van der Waals surface area contributed by atoms with E-state index in [2.05, 4.69) is 15.0 Å². The highest BCUT2D eigenvalue weighted by Gasteiger charge is 2.23. The number of nitrogens with zero attached hydrogens (tertiary/aromatic N) is 3. The first-order valence-electron chi connectivity index (χ1n) is 10.2. The molecule has 1 N–H and O–H groups in total. The molecular weight excluding hydrogens is 447 g/mol. The van der Waals surface area contributed by atoms with Crippen molar-refractivity contribution in [2.24, 2.45) is 0 Å². The summed E-state index contributed by atoms with van der Waals surface area (Å²) >= 11 is 0. The molecule has 3 aromatic heterocycles. The zero-order chi connectivity index (χ0) is 23.6. The van der Waals surface area contributed by atoms with Crippen LogP contribution in [0.1, 0.15) is 35.7 Å². The Bertz CT molecular complexity index is 1420. The molecule has 0 atom stereocenters. The van der Waals surface area contributed by atoms with Gasteiger partial charge in [-0.15, -0.1) is 0 Å². The molecule has 0 aliphatic carbocycles. The van der Waals surface area contributed by atoms with Crippen molar-refractivity contribution in [3.8, 4) is 11.1 Å². The van der Waals surface area contributed by atoms with E-state index in [0.717, 1.165) is 11.6 Å². The number of rotatable bonds is 8. The van der Waals surface area contributed by atoms with Crippen LogP contribution in [-0.4, -0.2) is 34.9 Å². The fraction of sp³-hybridized carbons (Fsp3) is 0.174. The number of sulfonamides is 1. The Morgan fingerprint density at radius 3 is 2.70 bits per heavy atom. The van der Waals surface area contributed by atoms with Crippen LogP contribution in [-0.2, 0) is 10.0 Å². The van der Waals surface area contributed by atoms with E-state index < -0.39 is 38.6 Å². The molecule has 33 heavy (non-hydrogen) atoms. The number of pyridine rings is 2. The summed E-state index contributed by atoms with van der Waals surface area (Å²) in [4.78, 5) is 24.5. The number of ketones is 1. The van der Waals surface area contributed by atoms with Gasteiger partial charge in [0.1, 0.15) is 5.65 Å². The number of unbranched alkanes of at least 4 members (excludes halogenated alkanes) is 1. The largest absolute Gasteiger partial charge is 0.744 e. The second-order valence-electron chi connectivity index (χ2n) is 7.43. The molecule has 4 rings (SSSR count). The van der Waals surface area contributed by atoms with Gasteiger partial charge >= 0.3 is 0 Å². The first-order chi connectivity index (χ1) is 15.8. The van der Waals surface area contributed by atoms with Crippen molar-refractivity contribution >= 4 is 32.5 Å². The number of halogens is 1. The SMILES string of the molecule is CCCCS(=O)(=O)N([O-])c1cccc(C(=O)c2c[nH]c3ncc(-c4cccnc4)cc23)c1F. The Hall–Kier alpha value is -3.63. The summed E-state index contributed by atoms with van der Waals surface area (Å²) in [5, 5.41) is 12.9. The number of anilines is 1. The van der Waals surface area contributed by atoms with Crippen LogP contribution < -0.4 is 4.47 Å². The molecule has 170 valence electrons. The first-order valence-corrected chi connectivity index (χ1v) is 11.8. The molecule has 1 aromatic carbocycles. The summed E-state index contributed by atoms with van der Waals surface area (Å²) in [5.74, 6) is -2.30. The van der Waals surface area contributed by atoms with E-state index in [1.54, 1.807) is 37.6 Å². The number of fused-ring (bicyclic) bond motifs is 1. The van der Waals surface area contributed by atoms with Crippen LogP contribution in [0.3, 0.4) is 0 Å². The monoisotopic (exact) mass is 467 g/mol. The molecule has 0 unspecified atom stereocenters. The second-order valence-corrected chi connectivity index (χ2v) is 9.33. The number of benzene rings is 1. The maximum Gasteiger partial charge on any atom is 0.225 e. The summed E-state index contributed by atoms with van der Waals surface area (Å²) < 4.78 is 39.3. The fourth-order valence-corrected chi connectivity index (χ4v) is 4.68. The van der Waals surface area contributed by atoms with Gasteiger partial charge in [0.05, 0.1) is 17.0 Å². The quantitative estimate of drug-likeness (QED) is 0.302. The Balaban J connectivity index is 1.74. The summed E-state index contributed by atoms with van der Waals surface area (Å²) in [5.41, 5.74) is 0.948. The van der Waals surface area contributed by atoms with Crippen LogP contribution >= 0.6 is 0 Å². The maximum atomic E-state index is 15.2. The molecule has 8 nitrogen and oxygen atoms in total. The zero-order valence-corrected chi connectivity index (χ0v) is 18.5. The molecule has 0 spiro atoms. The van der Waals surface area contributed by atoms with Gasteiger partial charge in [0.15, 0.2) is 11.6 Å². The van der Waals surface area contributed by atoms with Gasteiger partial charge in [-0.05, 0) is 30.7 Å². The van der Waals surface area contributed by atoms with Gasteiger partial charge in [-0.2, -0.15) is 0 Å². The van der Waals surface area contributed by atoms with E-state index >= 15 is 4.39 Å². The predicted molar refractivity (Wildman–Crippen MR) is 124 cm³/mol. The zero-order valence-electron chi connectivity index (χ0n) is 17.7. The number of carbonyl (C=O) groups is 1. The van der Waals surface area contributed by atoms with Crippen molar-refractivity contribution in [1.29, 1.82) is 0 Å². The van der Waals surface area contributed by atoms with Crippen LogP contribution in [0.25, 0.3) is 22.2 Å². The minimum Gasteiger partial charge on any atom is -0.744 e. The second kappa shape index (κ2) is 9.08. The maximum absolute atomic E-state index is 15.2. The molecule has 0 saturated carbocycles. The van der Waals surface area contributed by atoms with Gasteiger partial charge in [-0.1, -0.05) is 25.5 Å². The van der Waals surface area contributed by atoms with E-state index in [4.69, 9.17) is 0 Å². The number of carbonyl (C=O) groups excluding carboxylic acids is 1. The molecule has 0 aliphatic heterocycles. The van der Waals surface area contributed by atoms with Crippen molar-refractivity contribution in [3.05, 3.63) is 83.3 Å². The van der Waals surface area contributed by atoms with Crippen molar-refractivity contribution in [2.45, 2.75) is 19.8 Å². The molecule has 3 heterocycles.